The second-order valence-corrected chi connectivity index (χ2v) is 11.9. The Kier molecular flexibility index (Phi) is 7.33. The Hall–Kier alpha value is -3.38. The Labute approximate surface area is 221 Å². The summed E-state index contributed by atoms with van der Waals surface area (Å²) in [6, 6.07) is 11.8. The highest BCUT2D eigenvalue weighted by atomic mass is 35.5. The Balaban J connectivity index is 1.76. The maximum absolute atomic E-state index is 13.1. The van der Waals surface area contributed by atoms with Crippen molar-refractivity contribution in [2.75, 3.05) is 25.9 Å². The molecule has 1 saturated heterocycles. The van der Waals surface area contributed by atoms with Gasteiger partial charge in [0.2, 0.25) is 0 Å². The SMILES string of the molecule is C=Cc1cc(-c2cccc(S(C)(=O)=O)c2)c(Cl)cc1C1=C(O)C2(CCCN(C/C(C)=C\C#N)C2)OC1=O. The molecule has 4 rings (SSSR count). The molecular weight excluding hydrogens is 512 g/mol. The number of hydrogen-bond donors (Lipinski definition) is 1. The number of ether oxygens (including phenoxy) is 1. The fraction of sp³-hybridized carbons (Fsp3) is 0.286. The monoisotopic (exact) mass is 538 g/mol. The first-order valence-corrected chi connectivity index (χ1v) is 14.0. The standard InChI is InChI=1S/C28H27ClN2O5S/c1-4-19-14-22(20-7-5-8-21(13-20)37(3,34)35)24(29)15-23(19)25-26(32)28(36-27(25)33)10-6-12-31(17-28)16-18(2)9-11-30/h4-5,7-9,13-15,32H,1,6,10,12,16-17H2,2-3H3/b18-9-. The van der Waals surface area contributed by atoms with Gasteiger partial charge in [0, 0.05) is 41.6 Å². The third kappa shape index (κ3) is 5.21. The fourth-order valence-corrected chi connectivity index (χ4v) is 5.90. The molecule has 1 unspecified atom stereocenters. The topological polar surface area (TPSA) is 108 Å². The van der Waals surface area contributed by atoms with Crippen molar-refractivity contribution < 1.29 is 23.1 Å². The van der Waals surface area contributed by atoms with Gasteiger partial charge in [-0.15, -0.1) is 0 Å². The van der Waals surface area contributed by atoms with Crippen LogP contribution in [0.15, 0.2) is 65.3 Å². The normalized spacial score (nSPS) is 20.7. The third-order valence-electron chi connectivity index (χ3n) is 6.68. The molecule has 37 heavy (non-hydrogen) atoms. The fourth-order valence-electron chi connectivity index (χ4n) is 4.96. The van der Waals surface area contributed by atoms with Gasteiger partial charge < -0.3 is 9.84 Å². The van der Waals surface area contributed by atoms with E-state index in [9.17, 15) is 18.3 Å². The van der Waals surface area contributed by atoms with Crippen molar-refractivity contribution in [3.05, 3.63) is 76.5 Å². The number of benzene rings is 2. The number of aliphatic hydroxyl groups is 1. The van der Waals surface area contributed by atoms with E-state index in [2.05, 4.69) is 11.5 Å². The van der Waals surface area contributed by atoms with Gasteiger partial charge in [-0.05, 0) is 67.3 Å². The molecule has 1 fully saturated rings. The lowest BCUT2D eigenvalue weighted by Gasteiger charge is -2.39. The van der Waals surface area contributed by atoms with Crippen LogP contribution in [0.3, 0.4) is 0 Å². The first-order chi connectivity index (χ1) is 17.5. The van der Waals surface area contributed by atoms with Crippen LogP contribution in [0.25, 0.3) is 22.8 Å². The number of nitriles is 1. The molecule has 2 aliphatic rings. The van der Waals surface area contributed by atoms with Gasteiger partial charge in [-0.2, -0.15) is 5.26 Å². The second-order valence-electron chi connectivity index (χ2n) is 9.46. The maximum Gasteiger partial charge on any atom is 0.343 e. The van der Waals surface area contributed by atoms with Gasteiger partial charge in [0.1, 0.15) is 5.57 Å². The summed E-state index contributed by atoms with van der Waals surface area (Å²) in [5.41, 5.74) is 1.83. The van der Waals surface area contributed by atoms with Crippen LogP contribution >= 0.6 is 11.6 Å². The van der Waals surface area contributed by atoms with E-state index in [4.69, 9.17) is 21.6 Å². The van der Waals surface area contributed by atoms with Crippen molar-refractivity contribution in [1.29, 1.82) is 5.26 Å². The molecule has 1 spiro atoms. The molecular formula is C28H27ClN2O5S. The summed E-state index contributed by atoms with van der Waals surface area (Å²) < 4.78 is 29.9. The van der Waals surface area contributed by atoms with E-state index in [1.54, 1.807) is 30.3 Å². The van der Waals surface area contributed by atoms with E-state index in [-0.39, 0.29) is 21.3 Å². The molecule has 2 aromatic carbocycles. The molecule has 0 radical (unpaired) electrons. The van der Waals surface area contributed by atoms with Crippen LogP contribution in [0, 0.1) is 11.3 Å². The number of halogens is 1. The highest BCUT2D eigenvalue weighted by molar-refractivity contribution is 7.90. The lowest BCUT2D eigenvalue weighted by Crippen LogP contribution is -2.50. The first kappa shape index (κ1) is 26.7. The number of rotatable bonds is 6. The summed E-state index contributed by atoms with van der Waals surface area (Å²) in [6.45, 7) is 7.31. The molecule has 1 atom stereocenters. The van der Waals surface area contributed by atoms with E-state index in [1.165, 1.54) is 18.2 Å². The van der Waals surface area contributed by atoms with Crippen molar-refractivity contribution in [3.8, 4) is 17.2 Å². The Bertz CT molecular complexity index is 1500. The van der Waals surface area contributed by atoms with Gasteiger partial charge in [0.25, 0.3) is 0 Å². The van der Waals surface area contributed by atoms with Crippen LogP contribution in [0.2, 0.25) is 5.02 Å². The second kappa shape index (κ2) is 10.2. The van der Waals surface area contributed by atoms with Crippen LogP contribution in [-0.4, -0.2) is 55.9 Å². The highest BCUT2D eigenvalue weighted by Gasteiger charge is 2.51. The number of aliphatic hydroxyl groups excluding tert-OH is 1. The largest absolute Gasteiger partial charge is 0.507 e. The number of sulfone groups is 1. The molecule has 0 saturated carbocycles. The Morgan fingerprint density at radius 2 is 2.08 bits per heavy atom. The van der Waals surface area contributed by atoms with Crippen molar-refractivity contribution in [1.82, 2.24) is 4.90 Å². The number of hydrogen-bond acceptors (Lipinski definition) is 7. The van der Waals surface area contributed by atoms with E-state index >= 15 is 0 Å². The molecule has 2 aliphatic heterocycles. The van der Waals surface area contributed by atoms with Crippen molar-refractivity contribution in [3.63, 3.8) is 0 Å². The predicted molar refractivity (Wildman–Crippen MR) is 144 cm³/mol. The molecule has 0 bridgehead atoms. The van der Waals surface area contributed by atoms with Crippen molar-refractivity contribution >= 4 is 39.1 Å². The summed E-state index contributed by atoms with van der Waals surface area (Å²) in [4.78, 5) is 15.3. The first-order valence-electron chi connectivity index (χ1n) is 11.7. The van der Waals surface area contributed by atoms with E-state index < -0.39 is 21.4 Å². The van der Waals surface area contributed by atoms with E-state index in [0.717, 1.165) is 18.4 Å². The molecule has 2 heterocycles. The van der Waals surface area contributed by atoms with Gasteiger partial charge in [-0.3, -0.25) is 4.90 Å². The molecule has 9 heteroatoms. The summed E-state index contributed by atoms with van der Waals surface area (Å²) in [5.74, 6) is -0.787. The van der Waals surface area contributed by atoms with Gasteiger partial charge >= 0.3 is 5.97 Å². The molecule has 7 nitrogen and oxygen atoms in total. The molecule has 192 valence electrons. The Morgan fingerprint density at radius 3 is 2.76 bits per heavy atom. The van der Waals surface area contributed by atoms with E-state index in [0.29, 0.717) is 48.2 Å². The molecule has 1 N–H and O–H groups in total. The van der Waals surface area contributed by atoms with Crippen LogP contribution in [-0.2, 0) is 19.4 Å². The molecule has 0 aromatic heterocycles. The zero-order chi connectivity index (χ0) is 27.0. The van der Waals surface area contributed by atoms with Gasteiger partial charge in [0.15, 0.2) is 21.2 Å². The summed E-state index contributed by atoms with van der Waals surface area (Å²) in [6.07, 6.45) is 5.34. The van der Waals surface area contributed by atoms with Crippen LogP contribution in [0.5, 0.6) is 0 Å². The quantitative estimate of drug-likeness (QED) is 0.398. The average molecular weight is 539 g/mol. The van der Waals surface area contributed by atoms with Crippen LogP contribution in [0.4, 0.5) is 0 Å². The highest BCUT2D eigenvalue weighted by Crippen LogP contribution is 2.44. The molecule has 0 amide bonds. The maximum atomic E-state index is 13.1. The molecule has 0 aliphatic carbocycles. The van der Waals surface area contributed by atoms with Gasteiger partial charge in [-0.25, -0.2) is 13.2 Å². The minimum atomic E-state index is -3.42. The van der Waals surface area contributed by atoms with Crippen LogP contribution < -0.4 is 0 Å². The number of piperidine rings is 1. The minimum Gasteiger partial charge on any atom is -0.507 e. The van der Waals surface area contributed by atoms with Gasteiger partial charge in [-0.1, -0.05) is 36.4 Å². The third-order valence-corrected chi connectivity index (χ3v) is 8.10. The zero-order valence-electron chi connectivity index (χ0n) is 20.6. The summed E-state index contributed by atoms with van der Waals surface area (Å²) in [7, 11) is -3.42. The zero-order valence-corrected chi connectivity index (χ0v) is 22.2. The smallest absolute Gasteiger partial charge is 0.343 e. The van der Waals surface area contributed by atoms with Gasteiger partial charge in [0.05, 0.1) is 11.0 Å². The molecule has 2 aromatic rings. The lowest BCUT2D eigenvalue weighted by atomic mass is 9.87. The number of likely N-dealkylation sites (tertiary alicyclic amines) is 1. The van der Waals surface area contributed by atoms with Crippen molar-refractivity contribution in [2.24, 2.45) is 0 Å². The summed E-state index contributed by atoms with van der Waals surface area (Å²) >= 11 is 6.64. The number of carbonyl (C=O) groups excluding carboxylic acids is 1. The number of allylic oxidation sites excluding steroid dienone is 1. The Morgan fingerprint density at radius 1 is 1.32 bits per heavy atom. The van der Waals surface area contributed by atoms with Crippen LogP contribution in [0.1, 0.15) is 30.9 Å². The predicted octanol–water partition coefficient (Wildman–Crippen LogP) is 5.18. The average Bonchev–Trinajstić information content (AvgIpc) is 3.06. The van der Waals surface area contributed by atoms with E-state index in [1.807, 2.05) is 13.0 Å². The number of esters is 1. The van der Waals surface area contributed by atoms with Crippen molar-refractivity contribution in [2.45, 2.75) is 30.3 Å². The number of carbonyl (C=O) groups is 1. The lowest BCUT2D eigenvalue weighted by molar-refractivity contribution is -0.151. The number of nitrogens with zero attached hydrogens (tertiary/aromatic N) is 2. The summed E-state index contributed by atoms with van der Waals surface area (Å²) in [5, 5.41) is 20.6. The minimum absolute atomic E-state index is 0.0411.